The van der Waals surface area contributed by atoms with Crippen molar-refractivity contribution in [2.24, 2.45) is 5.92 Å². The summed E-state index contributed by atoms with van der Waals surface area (Å²) in [5.74, 6) is -0.786. The van der Waals surface area contributed by atoms with Gasteiger partial charge in [-0.2, -0.15) is 0 Å². The maximum absolute atomic E-state index is 10.8. The Morgan fingerprint density at radius 1 is 1.47 bits per heavy atom. The number of carbonyl (C=O) groups is 1. The van der Waals surface area contributed by atoms with E-state index in [0.29, 0.717) is 0 Å². The predicted octanol–water partition coefficient (Wildman–Crippen LogP) is 0.783. The van der Waals surface area contributed by atoms with Gasteiger partial charge in [0.2, 0.25) is 0 Å². The SMILES string of the molecule is CCC(CCCN1CCNCC1)C(=O)O. The van der Waals surface area contributed by atoms with Gasteiger partial charge in [0.15, 0.2) is 0 Å². The van der Waals surface area contributed by atoms with Gasteiger partial charge in [-0.1, -0.05) is 6.92 Å². The molecule has 1 heterocycles. The maximum atomic E-state index is 10.8. The highest BCUT2D eigenvalue weighted by atomic mass is 16.4. The van der Waals surface area contributed by atoms with E-state index in [2.05, 4.69) is 10.2 Å². The van der Waals surface area contributed by atoms with E-state index in [4.69, 9.17) is 5.11 Å². The van der Waals surface area contributed by atoms with Crippen LogP contribution in [0.5, 0.6) is 0 Å². The number of carboxylic acids is 1. The molecule has 0 spiro atoms. The second-order valence-corrected chi connectivity index (χ2v) is 4.18. The van der Waals surface area contributed by atoms with Gasteiger partial charge in [0.05, 0.1) is 5.92 Å². The Labute approximate surface area is 91.6 Å². The van der Waals surface area contributed by atoms with E-state index in [1.807, 2.05) is 6.92 Å². The van der Waals surface area contributed by atoms with E-state index in [1.54, 1.807) is 0 Å². The van der Waals surface area contributed by atoms with Gasteiger partial charge in [0, 0.05) is 26.2 Å². The van der Waals surface area contributed by atoms with Gasteiger partial charge in [-0.15, -0.1) is 0 Å². The van der Waals surface area contributed by atoms with E-state index < -0.39 is 5.97 Å². The van der Waals surface area contributed by atoms with Crippen LogP contribution in [-0.4, -0.2) is 48.7 Å². The minimum atomic E-state index is -0.641. The highest BCUT2D eigenvalue weighted by Crippen LogP contribution is 2.11. The summed E-state index contributed by atoms with van der Waals surface area (Å²) in [5.41, 5.74) is 0. The molecule has 0 saturated carbocycles. The molecule has 1 fully saturated rings. The van der Waals surface area contributed by atoms with Gasteiger partial charge in [-0.3, -0.25) is 4.79 Å². The Hall–Kier alpha value is -0.610. The third kappa shape index (κ3) is 4.62. The van der Waals surface area contributed by atoms with Crippen molar-refractivity contribution >= 4 is 5.97 Å². The van der Waals surface area contributed by atoms with Crippen LogP contribution in [0.25, 0.3) is 0 Å². The Balaban J connectivity index is 2.11. The molecule has 0 radical (unpaired) electrons. The Bertz CT molecular complexity index is 191. The largest absolute Gasteiger partial charge is 0.481 e. The number of hydrogen-bond acceptors (Lipinski definition) is 3. The fourth-order valence-corrected chi connectivity index (χ4v) is 2.00. The van der Waals surface area contributed by atoms with Crippen molar-refractivity contribution in [1.82, 2.24) is 10.2 Å². The van der Waals surface area contributed by atoms with Crippen LogP contribution >= 0.6 is 0 Å². The highest BCUT2D eigenvalue weighted by molar-refractivity contribution is 5.69. The van der Waals surface area contributed by atoms with Crippen molar-refractivity contribution in [1.29, 1.82) is 0 Å². The fraction of sp³-hybridized carbons (Fsp3) is 0.909. The summed E-state index contributed by atoms with van der Waals surface area (Å²) in [7, 11) is 0. The lowest BCUT2D eigenvalue weighted by Crippen LogP contribution is -2.43. The molecule has 0 amide bonds. The molecular formula is C11H22N2O2. The molecule has 1 rings (SSSR count). The molecule has 1 atom stereocenters. The fourth-order valence-electron chi connectivity index (χ4n) is 2.00. The number of rotatable bonds is 6. The quantitative estimate of drug-likeness (QED) is 0.686. The van der Waals surface area contributed by atoms with Crippen molar-refractivity contribution < 1.29 is 9.90 Å². The lowest BCUT2D eigenvalue weighted by atomic mass is 10.0. The highest BCUT2D eigenvalue weighted by Gasteiger charge is 2.15. The Kier molecular flexibility index (Phi) is 5.65. The van der Waals surface area contributed by atoms with E-state index in [9.17, 15) is 4.79 Å². The van der Waals surface area contributed by atoms with Crippen molar-refractivity contribution in [3.63, 3.8) is 0 Å². The molecule has 1 unspecified atom stereocenters. The zero-order chi connectivity index (χ0) is 11.1. The zero-order valence-corrected chi connectivity index (χ0v) is 9.54. The van der Waals surface area contributed by atoms with Crippen LogP contribution in [-0.2, 0) is 4.79 Å². The molecule has 0 aliphatic carbocycles. The molecule has 1 saturated heterocycles. The van der Waals surface area contributed by atoms with Crippen LogP contribution < -0.4 is 5.32 Å². The molecule has 15 heavy (non-hydrogen) atoms. The third-order valence-corrected chi connectivity index (χ3v) is 3.08. The smallest absolute Gasteiger partial charge is 0.306 e. The third-order valence-electron chi connectivity index (χ3n) is 3.08. The first kappa shape index (κ1) is 12.5. The summed E-state index contributed by atoms with van der Waals surface area (Å²) in [6.45, 7) is 7.33. The normalized spacial score (nSPS) is 20.1. The van der Waals surface area contributed by atoms with E-state index >= 15 is 0 Å². The number of aliphatic carboxylic acids is 1. The van der Waals surface area contributed by atoms with Gasteiger partial charge >= 0.3 is 5.97 Å². The second-order valence-electron chi connectivity index (χ2n) is 4.18. The first-order chi connectivity index (χ1) is 7.24. The molecule has 0 aromatic rings. The molecule has 0 bridgehead atoms. The Morgan fingerprint density at radius 3 is 2.67 bits per heavy atom. The van der Waals surface area contributed by atoms with Crippen molar-refractivity contribution in [2.75, 3.05) is 32.7 Å². The standard InChI is InChI=1S/C11H22N2O2/c1-2-10(11(14)15)4-3-7-13-8-5-12-6-9-13/h10,12H,2-9H2,1H3,(H,14,15). The van der Waals surface area contributed by atoms with Gasteiger partial charge in [0.25, 0.3) is 0 Å². The van der Waals surface area contributed by atoms with Gasteiger partial charge in [-0.25, -0.2) is 0 Å². The molecule has 88 valence electrons. The van der Waals surface area contributed by atoms with Crippen LogP contribution in [0.2, 0.25) is 0 Å². The average Bonchev–Trinajstić information content (AvgIpc) is 2.25. The Morgan fingerprint density at radius 2 is 2.13 bits per heavy atom. The molecule has 1 aliphatic heterocycles. The summed E-state index contributed by atoms with van der Waals surface area (Å²) in [5, 5.41) is 12.2. The minimum absolute atomic E-state index is 0.145. The number of nitrogens with zero attached hydrogens (tertiary/aromatic N) is 1. The lowest BCUT2D eigenvalue weighted by Gasteiger charge is -2.27. The summed E-state index contributed by atoms with van der Waals surface area (Å²) >= 11 is 0. The maximum Gasteiger partial charge on any atom is 0.306 e. The topological polar surface area (TPSA) is 52.6 Å². The first-order valence-electron chi connectivity index (χ1n) is 5.90. The van der Waals surface area contributed by atoms with Crippen LogP contribution in [0.4, 0.5) is 0 Å². The molecule has 0 aromatic heterocycles. The number of nitrogens with one attached hydrogen (secondary N) is 1. The molecule has 4 nitrogen and oxygen atoms in total. The van der Waals surface area contributed by atoms with E-state index in [0.717, 1.165) is 52.0 Å². The van der Waals surface area contributed by atoms with Gasteiger partial charge in [-0.05, 0) is 25.8 Å². The summed E-state index contributed by atoms with van der Waals surface area (Å²) in [6, 6.07) is 0. The summed E-state index contributed by atoms with van der Waals surface area (Å²) < 4.78 is 0. The molecular weight excluding hydrogens is 192 g/mol. The van der Waals surface area contributed by atoms with E-state index in [-0.39, 0.29) is 5.92 Å². The monoisotopic (exact) mass is 214 g/mol. The molecule has 4 heteroatoms. The van der Waals surface area contributed by atoms with Crippen LogP contribution in [0.3, 0.4) is 0 Å². The first-order valence-corrected chi connectivity index (χ1v) is 5.90. The number of hydrogen-bond donors (Lipinski definition) is 2. The number of carboxylic acid groups (broad SMARTS) is 1. The predicted molar refractivity (Wildman–Crippen MR) is 60.0 cm³/mol. The van der Waals surface area contributed by atoms with Crippen LogP contribution in [0.15, 0.2) is 0 Å². The van der Waals surface area contributed by atoms with Gasteiger partial charge < -0.3 is 15.3 Å². The molecule has 0 aromatic carbocycles. The molecule has 1 aliphatic rings. The van der Waals surface area contributed by atoms with Crippen LogP contribution in [0.1, 0.15) is 26.2 Å². The minimum Gasteiger partial charge on any atom is -0.481 e. The second kappa shape index (κ2) is 6.80. The van der Waals surface area contributed by atoms with Crippen molar-refractivity contribution in [3.05, 3.63) is 0 Å². The van der Waals surface area contributed by atoms with E-state index in [1.165, 1.54) is 0 Å². The molecule has 2 N–H and O–H groups in total. The van der Waals surface area contributed by atoms with Crippen LogP contribution in [0, 0.1) is 5.92 Å². The number of piperazine rings is 1. The average molecular weight is 214 g/mol. The zero-order valence-electron chi connectivity index (χ0n) is 9.54. The van der Waals surface area contributed by atoms with Crippen molar-refractivity contribution in [3.8, 4) is 0 Å². The summed E-state index contributed by atoms with van der Waals surface area (Å²) in [6.07, 6.45) is 2.57. The van der Waals surface area contributed by atoms with Gasteiger partial charge in [0.1, 0.15) is 0 Å². The summed E-state index contributed by atoms with van der Waals surface area (Å²) in [4.78, 5) is 13.2. The lowest BCUT2D eigenvalue weighted by molar-refractivity contribution is -0.142. The van der Waals surface area contributed by atoms with Crippen molar-refractivity contribution in [2.45, 2.75) is 26.2 Å².